The molecule has 1 aromatic rings. The molecule has 1 amide bonds. The van der Waals surface area contributed by atoms with E-state index in [9.17, 15) is 4.79 Å². The summed E-state index contributed by atoms with van der Waals surface area (Å²) in [6.07, 6.45) is 3.27. The van der Waals surface area contributed by atoms with Gasteiger partial charge in [0.25, 0.3) is 0 Å². The van der Waals surface area contributed by atoms with Gasteiger partial charge in [0.15, 0.2) is 0 Å². The molecule has 1 unspecified atom stereocenters. The zero-order valence-electron chi connectivity index (χ0n) is 11.4. The van der Waals surface area contributed by atoms with Gasteiger partial charge in [0.05, 0.1) is 6.04 Å². The van der Waals surface area contributed by atoms with Crippen molar-refractivity contribution >= 4 is 11.6 Å². The number of carbonyl (C=O) groups excluding carboxylic acids is 1. The molecule has 4 heteroatoms. The zero-order chi connectivity index (χ0) is 13.7. The number of nitrogens with two attached hydrogens (primary N) is 1. The van der Waals surface area contributed by atoms with Crippen molar-refractivity contribution in [2.45, 2.75) is 38.6 Å². The molecule has 0 saturated carbocycles. The van der Waals surface area contributed by atoms with E-state index < -0.39 is 0 Å². The number of amides is 1. The average molecular weight is 262 g/mol. The molecule has 0 aliphatic heterocycles. The number of carbonyl (C=O) groups is 1. The largest absolute Gasteiger partial charge is 0.399 e. The van der Waals surface area contributed by atoms with Gasteiger partial charge in [-0.25, -0.2) is 0 Å². The molecule has 0 saturated heterocycles. The van der Waals surface area contributed by atoms with Crippen LogP contribution in [0.15, 0.2) is 18.2 Å². The van der Waals surface area contributed by atoms with Crippen LogP contribution < -0.4 is 11.1 Å². The van der Waals surface area contributed by atoms with Crippen LogP contribution in [0.5, 0.6) is 0 Å². The molecule has 0 fully saturated rings. The minimum Gasteiger partial charge on any atom is -0.399 e. The Balaban J connectivity index is 1.83. The number of aryl methyl sites for hydroxylation is 1. The second kappa shape index (κ2) is 6.57. The quantitative estimate of drug-likeness (QED) is 0.610. The van der Waals surface area contributed by atoms with Crippen LogP contribution in [0.1, 0.15) is 43.4 Å². The molecule has 0 radical (unpaired) electrons. The minimum atomic E-state index is 0.106. The first kappa shape index (κ1) is 13.9. The molecule has 1 aliphatic rings. The van der Waals surface area contributed by atoms with Crippen molar-refractivity contribution in [1.29, 1.82) is 0 Å². The van der Waals surface area contributed by atoms with Crippen LogP contribution in [0.2, 0.25) is 0 Å². The summed E-state index contributed by atoms with van der Waals surface area (Å²) in [4.78, 5) is 11.8. The van der Waals surface area contributed by atoms with Gasteiger partial charge in [-0.3, -0.25) is 4.79 Å². The van der Waals surface area contributed by atoms with E-state index in [1.807, 2.05) is 25.1 Å². The summed E-state index contributed by atoms with van der Waals surface area (Å²) in [5.74, 6) is 0.106. The predicted octanol–water partition coefficient (Wildman–Crippen LogP) is 2.19. The molecular weight excluding hydrogens is 240 g/mol. The van der Waals surface area contributed by atoms with Crippen molar-refractivity contribution in [2.24, 2.45) is 0 Å². The summed E-state index contributed by atoms with van der Waals surface area (Å²) < 4.78 is 5.23. The van der Waals surface area contributed by atoms with E-state index in [0.717, 1.165) is 24.9 Å². The first-order chi connectivity index (χ1) is 9.20. The molecule has 0 heterocycles. The van der Waals surface area contributed by atoms with Gasteiger partial charge in [-0.1, -0.05) is 6.07 Å². The van der Waals surface area contributed by atoms with Gasteiger partial charge in [-0.05, 0) is 49.4 Å². The Morgan fingerprint density at radius 2 is 2.37 bits per heavy atom. The Hall–Kier alpha value is -1.55. The smallest absolute Gasteiger partial charge is 0.220 e. The monoisotopic (exact) mass is 262 g/mol. The molecule has 19 heavy (non-hydrogen) atoms. The summed E-state index contributed by atoms with van der Waals surface area (Å²) in [5, 5.41) is 3.10. The highest BCUT2D eigenvalue weighted by atomic mass is 16.5. The molecule has 2 rings (SSSR count). The van der Waals surface area contributed by atoms with E-state index in [1.165, 1.54) is 11.1 Å². The van der Waals surface area contributed by atoms with Crippen LogP contribution in [0.25, 0.3) is 0 Å². The van der Waals surface area contributed by atoms with E-state index in [-0.39, 0.29) is 11.9 Å². The van der Waals surface area contributed by atoms with Gasteiger partial charge in [0.1, 0.15) is 0 Å². The maximum atomic E-state index is 11.8. The third-order valence-electron chi connectivity index (χ3n) is 3.48. The second-order valence-electron chi connectivity index (χ2n) is 4.92. The van der Waals surface area contributed by atoms with Gasteiger partial charge in [0, 0.05) is 25.3 Å². The molecule has 0 aromatic heterocycles. The molecule has 104 valence electrons. The second-order valence-corrected chi connectivity index (χ2v) is 4.92. The van der Waals surface area contributed by atoms with Crippen molar-refractivity contribution in [1.82, 2.24) is 5.32 Å². The number of fused-ring (bicyclic) bond motifs is 1. The number of anilines is 1. The molecule has 1 atom stereocenters. The van der Waals surface area contributed by atoms with Gasteiger partial charge >= 0.3 is 0 Å². The fraction of sp³-hybridized carbons (Fsp3) is 0.533. The number of ether oxygens (including phenoxy) is 1. The molecule has 3 N–H and O–H groups in total. The van der Waals surface area contributed by atoms with Crippen LogP contribution in [-0.2, 0) is 16.0 Å². The van der Waals surface area contributed by atoms with Crippen molar-refractivity contribution in [3.05, 3.63) is 29.3 Å². The van der Waals surface area contributed by atoms with Gasteiger partial charge in [-0.15, -0.1) is 0 Å². The first-order valence-electron chi connectivity index (χ1n) is 6.96. The van der Waals surface area contributed by atoms with Gasteiger partial charge in [0.2, 0.25) is 5.91 Å². The van der Waals surface area contributed by atoms with Crippen LogP contribution in [-0.4, -0.2) is 19.1 Å². The predicted molar refractivity (Wildman–Crippen MR) is 75.8 cm³/mol. The third-order valence-corrected chi connectivity index (χ3v) is 3.48. The molecule has 1 aliphatic carbocycles. The number of nitrogen functional groups attached to an aromatic ring is 1. The van der Waals surface area contributed by atoms with E-state index in [4.69, 9.17) is 10.5 Å². The molecule has 1 aromatic carbocycles. The van der Waals surface area contributed by atoms with Gasteiger partial charge in [-0.2, -0.15) is 0 Å². The lowest BCUT2D eigenvalue weighted by molar-refractivity contribution is -0.122. The Bertz CT molecular complexity index is 446. The third kappa shape index (κ3) is 3.70. The van der Waals surface area contributed by atoms with Gasteiger partial charge < -0.3 is 15.8 Å². The lowest BCUT2D eigenvalue weighted by atomic mass is 10.1. The van der Waals surface area contributed by atoms with Crippen molar-refractivity contribution in [3.63, 3.8) is 0 Å². The Kier molecular flexibility index (Phi) is 4.80. The van der Waals surface area contributed by atoms with Crippen LogP contribution in [0.4, 0.5) is 5.69 Å². The lowest BCUT2D eigenvalue weighted by Crippen LogP contribution is -2.27. The normalized spacial score (nSPS) is 17.2. The van der Waals surface area contributed by atoms with Crippen LogP contribution >= 0.6 is 0 Å². The maximum absolute atomic E-state index is 11.8. The summed E-state index contributed by atoms with van der Waals surface area (Å²) in [6, 6.07) is 6.09. The Morgan fingerprint density at radius 1 is 1.53 bits per heavy atom. The molecule has 4 nitrogen and oxygen atoms in total. The number of hydrogen-bond donors (Lipinski definition) is 2. The van der Waals surface area contributed by atoms with Crippen molar-refractivity contribution < 1.29 is 9.53 Å². The molecule has 0 bridgehead atoms. The Morgan fingerprint density at radius 3 is 3.16 bits per heavy atom. The van der Waals surface area contributed by atoms with Crippen molar-refractivity contribution in [2.75, 3.05) is 18.9 Å². The topological polar surface area (TPSA) is 64.3 Å². The van der Waals surface area contributed by atoms with Crippen molar-refractivity contribution in [3.8, 4) is 0 Å². The number of hydrogen-bond acceptors (Lipinski definition) is 3. The maximum Gasteiger partial charge on any atom is 0.220 e. The van der Waals surface area contributed by atoms with E-state index in [2.05, 4.69) is 5.32 Å². The fourth-order valence-corrected chi connectivity index (χ4v) is 2.53. The standard InChI is InChI=1S/C15H22N2O2/c1-2-19-9-3-4-15(18)17-14-8-5-11-10-12(16)6-7-13(11)14/h6-7,10,14H,2-5,8-9,16H2,1H3,(H,17,18). The Labute approximate surface area is 114 Å². The first-order valence-corrected chi connectivity index (χ1v) is 6.96. The van der Waals surface area contributed by atoms with Crippen LogP contribution in [0.3, 0.4) is 0 Å². The number of nitrogens with one attached hydrogen (secondary N) is 1. The number of rotatable bonds is 6. The van der Waals surface area contributed by atoms with E-state index in [1.54, 1.807) is 0 Å². The zero-order valence-corrected chi connectivity index (χ0v) is 11.4. The van der Waals surface area contributed by atoms with E-state index in [0.29, 0.717) is 19.6 Å². The summed E-state index contributed by atoms with van der Waals surface area (Å²) in [6.45, 7) is 3.32. The summed E-state index contributed by atoms with van der Waals surface area (Å²) in [5.41, 5.74) is 9.04. The average Bonchev–Trinajstić information content (AvgIpc) is 2.77. The molecule has 0 spiro atoms. The summed E-state index contributed by atoms with van der Waals surface area (Å²) >= 11 is 0. The SMILES string of the molecule is CCOCCCC(=O)NC1CCc2cc(N)ccc21. The van der Waals surface area contributed by atoms with E-state index >= 15 is 0 Å². The number of benzene rings is 1. The highest BCUT2D eigenvalue weighted by Gasteiger charge is 2.23. The minimum absolute atomic E-state index is 0.106. The fourth-order valence-electron chi connectivity index (χ4n) is 2.53. The lowest BCUT2D eigenvalue weighted by Gasteiger charge is -2.14. The summed E-state index contributed by atoms with van der Waals surface area (Å²) in [7, 11) is 0. The van der Waals surface area contributed by atoms with Crippen LogP contribution in [0, 0.1) is 0 Å². The highest BCUT2D eigenvalue weighted by molar-refractivity contribution is 5.76. The highest BCUT2D eigenvalue weighted by Crippen LogP contribution is 2.32. The molecular formula is C15H22N2O2.